The first kappa shape index (κ1) is 16.6. The van der Waals surface area contributed by atoms with Crippen LogP contribution in [0.25, 0.3) is 5.65 Å². The van der Waals surface area contributed by atoms with Crippen molar-refractivity contribution in [3.05, 3.63) is 52.3 Å². The molecule has 2 N–H and O–H groups in total. The summed E-state index contributed by atoms with van der Waals surface area (Å²) in [6.45, 7) is 0.202. The zero-order valence-corrected chi connectivity index (χ0v) is 14.8. The molecule has 2 aromatic heterocycles. The minimum absolute atomic E-state index is 0.0179. The number of fused-ring (bicyclic) bond motifs is 2. The van der Waals surface area contributed by atoms with Crippen LogP contribution in [0, 0.1) is 0 Å². The molecule has 0 fully saturated rings. The monoisotopic (exact) mass is 372 g/mol. The number of hydrogen-bond acceptors (Lipinski definition) is 5. The Balaban J connectivity index is 1.41. The molecule has 1 aliphatic rings. The van der Waals surface area contributed by atoms with Crippen LogP contribution in [0.5, 0.6) is 5.88 Å². The molecule has 134 valence electrons. The van der Waals surface area contributed by atoms with E-state index in [9.17, 15) is 4.79 Å². The van der Waals surface area contributed by atoms with Crippen molar-refractivity contribution in [3.8, 4) is 5.88 Å². The summed E-state index contributed by atoms with van der Waals surface area (Å²) in [4.78, 5) is 12.3. The second-order valence-corrected chi connectivity index (χ2v) is 6.46. The molecule has 2 heterocycles. The predicted molar refractivity (Wildman–Crippen MR) is 95.2 cm³/mol. The van der Waals surface area contributed by atoms with Crippen LogP contribution < -0.4 is 15.4 Å². The zero-order chi connectivity index (χ0) is 18.1. The number of methoxy groups -OCH3 is 1. The third-order valence-corrected chi connectivity index (χ3v) is 4.64. The van der Waals surface area contributed by atoms with E-state index < -0.39 is 0 Å². The number of nitrogens with zero attached hydrogens (tertiary/aromatic N) is 4. The maximum Gasteiger partial charge on any atom is 0.315 e. The standard InChI is InChI=1S/C17H17ClN6O2/c1-26-16-7-6-14-21-22-15(24(14)23-16)9-19-17(25)20-13-5-2-10-8-11(18)3-4-12(10)13/h3-4,6-8,13H,2,5,9H2,1H3,(H2,19,20,25)/t13-/m1/s1. The van der Waals surface area contributed by atoms with E-state index in [2.05, 4.69) is 25.9 Å². The molecule has 9 heteroatoms. The van der Waals surface area contributed by atoms with Crippen molar-refractivity contribution in [3.63, 3.8) is 0 Å². The Morgan fingerprint density at radius 1 is 1.35 bits per heavy atom. The first-order chi connectivity index (χ1) is 12.6. The van der Waals surface area contributed by atoms with Crippen molar-refractivity contribution in [2.45, 2.75) is 25.4 Å². The van der Waals surface area contributed by atoms with Gasteiger partial charge in [0, 0.05) is 11.1 Å². The zero-order valence-electron chi connectivity index (χ0n) is 14.1. The Bertz CT molecular complexity index is 973. The fourth-order valence-electron chi connectivity index (χ4n) is 3.14. The van der Waals surface area contributed by atoms with Crippen LogP contribution >= 0.6 is 11.6 Å². The highest BCUT2D eigenvalue weighted by atomic mass is 35.5. The summed E-state index contributed by atoms with van der Waals surface area (Å²) < 4.78 is 6.65. The summed E-state index contributed by atoms with van der Waals surface area (Å²) in [5.41, 5.74) is 2.89. The predicted octanol–water partition coefficient (Wildman–Crippen LogP) is 2.27. The van der Waals surface area contributed by atoms with Crippen LogP contribution in [0.2, 0.25) is 5.02 Å². The van der Waals surface area contributed by atoms with Crippen molar-refractivity contribution < 1.29 is 9.53 Å². The van der Waals surface area contributed by atoms with Gasteiger partial charge in [0.05, 0.1) is 19.7 Å². The van der Waals surface area contributed by atoms with E-state index in [1.165, 1.54) is 12.7 Å². The number of aryl methyl sites for hydroxylation is 1. The smallest absolute Gasteiger partial charge is 0.315 e. The number of carbonyl (C=O) groups is 1. The lowest BCUT2D eigenvalue weighted by Crippen LogP contribution is -2.37. The molecule has 0 spiro atoms. The van der Waals surface area contributed by atoms with Gasteiger partial charge in [-0.25, -0.2) is 4.79 Å². The third-order valence-electron chi connectivity index (χ3n) is 4.41. The van der Waals surface area contributed by atoms with E-state index in [4.69, 9.17) is 16.3 Å². The van der Waals surface area contributed by atoms with Gasteiger partial charge in [0.15, 0.2) is 11.5 Å². The van der Waals surface area contributed by atoms with Crippen LogP contribution in [0.15, 0.2) is 30.3 Å². The SMILES string of the molecule is COc1ccc2nnc(CNC(=O)N[C@@H]3CCc4cc(Cl)ccc43)n2n1. The summed E-state index contributed by atoms with van der Waals surface area (Å²) in [7, 11) is 1.54. The van der Waals surface area contributed by atoms with Gasteiger partial charge in [-0.1, -0.05) is 17.7 Å². The van der Waals surface area contributed by atoms with Gasteiger partial charge in [-0.2, -0.15) is 4.52 Å². The fourth-order valence-corrected chi connectivity index (χ4v) is 3.33. The number of amides is 2. The van der Waals surface area contributed by atoms with Crippen LogP contribution in [-0.4, -0.2) is 33.0 Å². The Morgan fingerprint density at radius 3 is 3.08 bits per heavy atom. The fraction of sp³-hybridized carbons (Fsp3) is 0.294. The lowest BCUT2D eigenvalue weighted by Gasteiger charge is -2.14. The quantitative estimate of drug-likeness (QED) is 0.732. The van der Waals surface area contributed by atoms with E-state index in [1.54, 1.807) is 16.6 Å². The Kier molecular flexibility index (Phi) is 4.34. The molecule has 26 heavy (non-hydrogen) atoms. The first-order valence-corrected chi connectivity index (χ1v) is 8.60. The second kappa shape index (κ2) is 6.80. The number of urea groups is 1. The minimum Gasteiger partial charge on any atom is -0.480 e. The molecule has 0 bridgehead atoms. The Morgan fingerprint density at radius 2 is 2.23 bits per heavy atom. The van der Waals surface area contributed by atoms with Crippen LogP contribution in [0.1, 0.15) is 29.4 Å². The van der Waals surface area contributed by atoms with Crippen molar-refractivity contribution in [2.75, 3.05) is 7.11 Å². The normalized spacial score (nSPS) is 15.7. The van der Waals surface area contributed by atoms with E-state index >= 15 is 0 Å². The molecule has 2 amide bonds. The molecular formula is C17H17ClN6O2. The topological polar surface area (TPSA) is 93.4 Å². The lowest BCUT2D eigenvalue weighted by atomic mass is 10.1. The first-order valence-electron chi connectivity index (χ1n) is 8.22. The number of ether oxygens (including phenoxy) is 1. The molecule has 0 radical (unpaired) electrons. The maximum atomic E-state index is 12.3. The number of aromatic nitrogens is 4. The average molecular weight is 373 g/mol. The summed E-state index contributed by atoms with van der Waals surface area (Å²) >= 11 is 6.02. The molecule has 0 unspecified atom stereocenters. The molecule has 3 aromatic rings. The lowest BCUT2D eigenvalue weighted by molar-refractivity contribution is 0.236. The molecule has 0 saturated carbocycles. The number of hydrogen-bond donors (Lipinski definition) is 2. The van der Waals surface area contributed by atoms with E-state index in [0.29, 0.717) is 17.4 Å². The molecule has 8 nitrogen and oxygen atoms in total. The van der Waals surface area contributed by atoms with Crippen molar-refractivity contribution >= 4 is 23.3 Å². The van der Waals surface area contributed by atoms with E-state index in [0.717, 1.165) is 23.4 Å². The van der Waals surface area contributed by atoms with Gasteiger partial charge in [0.25, 0.3) is 0 Å². The Hall–Kier alpha value is -2.87. The number of carbonyl (C=O) groups excluding carboxylic acids is 1. The van der Waals surface area contributed by atoms with Gasteiger partial charge in [-0.05, 0) is 42.2 Å². The number of halogens is 1. The number of benzene rings is 1. The Labute approximate surface area is 154 Å². The molecule has 0 aliphatic heterocycles. The summed E-state index contributed by atoms with van der Waals surface area (Å²) in [6, 6.07) is 8.95. The molecule has 1 aromatic carbocycles. The number of rotatable bonds is 4. The summed E-state index contributed by atoms with van der Waals surface area (Å²) in [5, 5.41) is 18.9. The average Bonchev–Trinajstić information content (AvgIpc) is 3.23. The highest BCUT2D eigenvalue weighted by Gasteiger charge is 2.24. The summed E-state index contributed by atoms with van der Waals surface area (Å²) in [6.07, 6.45) is 1.76. The second-order valence-electron chi connectivity index (χ2n) is 6.02. The van der Waals surface area contributed by atoms with Gasteiger partial charge in [0.2, 0.25) is 5.88 Å². The van der Waals surface area contributed by atoms with Gasteiger partial charge in [-0.3, -0.25) is 0 Å². The van der Waals surface area contributed by atoms with Crippen LogP contribution in [-0.2, 0) is 13.0 Å². The maximum absolute atomic E-state index is 12.3. The van der Waals surface area contributed by atoms with Crippen LogP contribution in [0.3, 0.4) is 0 Å². The molecule has 4 rings (SSSR count). The van der Waals surface area contributed by atoms with Gasteiger partial charge < -0.3 is 15.4 Å². The molecule has 1 aliphatic carbocycles. The third kappa shape index (κ3) is 3.15. The minimum atomic E-state index is -0.266. The van der Waals surface area contributed by atoms with Crippen molar-refractivity contribution in [1.29, 1.82) is 0 Å². The van der Waals surface area contributed by atoms with Gasteiger partial charge in [0.1, 0.15) is 0 Å². The van der Waals surface area contributed by atoms with Crippen LogP contribution in [0.4, 0.5) is 4.79 Å². The van der Waals surface area contributed by atoms with Crippen molar-refractivity contribution in [1.82, 2.24) is 30.4 Å². The largest absolute Gasteiger partial charge is 0.480 e. The van der Waals surface area contributed by atoms with Gasteiger partial charge in [-0.15, -0.1) is 15.3 Å². The van der Waals surface area contributed by atoms with E-state index in [1.807, 2.05) is 18.2 Å². The molecule has 0 saturated heterocycles. The van der Waals surface area contributed by atoms with Crippen molar-refractivity contribution in [2.24, 2.45) is 0 Å². The molecular weight excluding hydrogens is 356 g/mol. The highest BCUT2D eigenvalue weighted by molar-refractivity contribution is 6.30. The van der Waals surface area contributed by atoms with Gasteiger partial charge >= 0.3 is 6.03 Å². The molecule has 1 atom stereocenters. The number of nitrogens with one attached hydrogen (secondary N) is 2. The summed E-state index contributed by atoms with van der Waals surface area (Å²) in [5.74, 6) is 0.969. The van der Waals surface area contributed by atoms with E-state index in [-0.39, 0.29) is 18.6 Å². The highest BCUT2D eigenvalue weighted by Crippen LogP contribution is 2.32.